The Morgan fingerprint density at radius 2 is 1.92 bits per heavy atom. The van der Waals surface area contributed by atoms with Gasteiger partial charge in [0.05, 0.1) is 19.3 Å². The Morgan fingerprint density at radius 1 is 1.18 bits per heavy atom. The van der Waals surface area contributed by atoms with Crippen LogP contribution < -0.4 is 23.8 Å². The number of carbonyl (C=O) groups excluding carboxylic acids is 1. The molecule has 2 unspecified atom stereocenters. The lowest BCUT2D eigenvalue weighted by atomic mass is 9.86. The van der Waals surface area contributed by atoms with Gasteiger partial charge in [0.1, 0.15) is 12.4 Å². The van der Waals surface area contributed by atoms with E-state index < -0.39 is 19.5 Å². The van der Waals surface area contributed by atoms with Gasteiger partial charge in [0, 0.05) is 30.5 Å². The second kappa shape index (κ2) is 10.8. The first-order valence-electron chi connectivity index (χ1n) is 13.0. The van der Waals surface area contributed by atoms with Gasteiger partial charge in [-0.2, -0.15) is 0 Å². The minimum absolute atomic E-state index is 0.122. The molecule has 2 aromatic rings. The first-order valence-corrected chi connectivity index (χ1v) is 14.8. The van der Waals surface area contributed by atoms with Crippen LogP contribution in [0.5, 0.6) is 23.0 Å². The van der Waals surface area contributed by atoms with Crippen molar-refractivity contribution in [3.05, 3.63) is 46.5 Å². The summed E-state index contributed by atoms with van der Waals surface area (Å²) >= 11 is 0. The predicted molar refractivity (Wildman–Crippen MR) is 146 cm³/mol. The highest BCUT2D eigenvalue weighted by atomic mass is 31.2. The molecule has 3 heterocycles. The summed E-state index contributed by atoms with van der Waals surface area (Å²) < 4.78 is 47.7. The van der Waals surface area contributed by atoms with Crippen LogP contribution >= 0.6 is 7.52 Å². The molecule has 2 aromatic carbocycles. The zero-order valence-corrected chi connectivity index (χ0v) is 24.0. The number of ether oxygens (including phenoxy) is 5. The lowest BCUT2D eigenvalue weighted by Gasteiger charge is -2.42. The van der Waals surface area contributed by atoms with Crippen molar-refractivity contribution in [3.8, 4) is 23.0 Å². The number of nitrogens with zero attached hydrogens (tertiary/aromatic N) is 1. The highest BCUT2D eigenvalue weighted by molar-refractivity contribution is 7.57. The van der Waals surface area contributed by atoms with Gasteiger partial charge < -0.3 is 33.1 Å². The third-order valence-corrected chi connectivity index (χ3v) is 8.89. The molecule has 0 spiro atoms. The average Bonchev–Trinajstić information content (AvgIpc) is 3.34. The molecule has 0 saturated carbocycles. The van der Waals surface area contributed by atoms with E-state index in [0.717, 1.165) is 46.9 Å². The van der Waals surface area contributed by atoms with Gasteiger partial charge in [-0.15, -0.1) is 0 Å². The van der Waals surface area contributed by atoms with Gasteiger partial charge in [-0.3, -0.25) is 9.36 Å². The quantitative estimate of drug-likeness (QED) is 0.335. The van der Waals surface area contributed by atoms with Crippen LogP contribution in [0.25, 0.3) is 11.8 Å². The lowest BCUT2D eigenvalue weighted by molar-refractivity contribution is -0.149. The van der Waals surface area contributed by atoms with Gasteiger partial charge in [0.25, 0.3) is 0 Å². The van der Waals surface area contributed by atoms with Crippen molar-refractivity contribution in [3.63, 3.8) is 0 Å². The third-order valence-electron chi connectivity index (χ3n) is 7.03. The van der Waals surface area contributed by atoms with Crippen LogP contribution in [-0.2, 0) is 25.3 Å². The summed E-state index contributed by atoms with van der Waals surface area (Å²) in [4.78, 5) is 14.8. The van der Waals surface area contributed by atoms with Crippen molar-refractivity contribution in [2.75, 3.05) is 33.9 Å². The molecular formula is C28H35N2O8P. The van der Waals surface area contributed by atoms with E-state index in [0.29, 0.717) is 11.5 Å². The molecule has 5 rings (SSSR count). The van der Waals surface area contributed by atoms with E-state index in [9.17, 15) is 9.36 Å². The molecule has 0 radical (unpaired) electrons. The molecule has 0 amide bonds. The molecule has 3 aliphatic rings. The van der Waals surface area contributed by atoms with Crippen molar-refractivity contribution < 1.29 is 37.6 Å². The summed E-state index contributed by atoms with van der Waals surface area (Å²) in [5, 5.41) is 2.84. The number of benzene rings is 2. The van der Waals surface area contributed by atoms with Gasteiger partial charge in [-0.05, 0) is 69.5 Å². The maximum Gasteiger partial charge on any atom is 0.342 e. The first-order chi connectivity index (χ1) is 18.6. The van der Waals surface area contributed by atoms with Crippen LogP contribution in [0.1, 0.15) is 56.0 Å². The van der Waals surface area contributed by atoms with Crippen LogP contribution in [0.4, 0.5) is 0 Å². The van der Waals surface area contributed by atoms with Crippen LogP contribution in [0.2, 0.25) is 0 Å². The highest BCUT2D eigenvalue weighted by Crippen LogP contribution is 2.54. The Bertz CT molecular complexity index is 1360. The van der Waals surface area contributed by atoms with Crippen molar-refractivity contribution in [1.29, 1.82) is 0 Å². The second-order valence-corrected chi connectivity index (χ2v) is 12.2. The molecule has 10 nitrogen and oxygen atoms in total. The molecule has 0 aliphatic carbocycles. The zero-order chi connectivity index (χ0) is 27.9. The van der Waals surface area contributed by atoms with Crippen LogP contribution in [0.15, 0.2) is 24.3 Å². The topological polar surface area (TPSA) is 105 Å². The number of rotatable bonds is 9. The predicted octanol–water partition coefficient (Wildman–Crippen LogP) is 4.96. The number of hydrogen-bond donors (Lipinski definition) is 1. The fraction of sp³-hybridized carbons (Fsp3) is 0.464. The number of fused-ring (bicyclic) bond motifs is 5. The van der Waals surface area contributed by atoms with E-state index in [-0.39, 0.29) is 25.3 Å². The fourth-order valence-electron chi connectivity index (χ4n) is 5.31. The number of esters is 1. The normalized spacial score (nSPS) is 19.3. The van der Waals surface area contributed by atoms with E-state index in [1.165, 1.54) is 12.7 Å². The molecule has 0 aromatic heterocycles. The molecular weight excluding hydrogens is 523 g/mol. The van der Waals surface area contributed by atoms with Crippen molar-refractivity contribution in [2.24, 2.45) is 0 Å². The maximum atomic E-state index is 14.0. The summed E-state index contributed by atoms with van der Waals surface area (Å²) in [6.45, 7) is 8.20. The zero-order valence-electron chi connectivity index (χ0n) is 23.1. The smallest absolute Gasteiger partial charge is 0.342 e. The van der Waals surface area contributed by atoms with E-state index >= 15 is 0 Å². The van der Waals surface area contributed by atoms with Crippen LogP contribution in [-0.4, -0.2) is 56.9 Å². The second-order valence-electron chi connectivity index (χ2n) is 10.1. The Hall–Kier alpha value is -3.20. The molecule has 1 N–H and O–H groups in total. The van der Waals surface area contributed by atoms with E-state index in [2.05, 4.69) is 29.1 Å². The SMILES string of the molecule is COCP(=O)(N[C@@H](C)C(=O)OC(C)C)Oc1c(OC)ccc2c1C(C)N1CCc3cc4c(cc3C1=C2)OCO4. The lowest BCUT2D eigenvalue weighted by Crippen LogP contribution is -2.37. The average molecular weight is 559 g/mol. The Morgan fingerprint density at radius 3 is 2.62 bits per heavy atom. The monoisotopic (exact) mass is 558 g/mol. The Balaban J connectivity index is 1.54. The third kappa shape index (κ3) is 5.21. The molecule has 11 heteroatoms. The Labute approximate surface area is 228 Å². The molecule has 39 heavy (non-hydrogen) atoms. The van der Waals surface area contributed by atoms with Gasteiger partial charge in [0.2, 0.25) is 6.79 Å². The number of methoxy groups -OCH3 is 2. The molecule has 210 valence electrons. The molecule has 0 bridgehead atoms. The van der Waals surface area contributed by atoms with Crippen molar-refractivity contribution >= 4 is 25.3 Å². The van der Waals surface area contributed by atoms with Gasteiger partial charge in [-0.25, -0.2) is 5.09 Å². The molecule has 0 fully saturated rings. The first kappa shape index (κ1) is 27.4. The summed E-state index contributed by atoms with van der Waals surface area (Å²) in [6, 6.07) is 6.88. The number of nitrogens with one attached hydrogen (secondary N) is 1. The molecule has 3 atom stereocenters. The minimum atomic E-state index is -3.73. The van der Waals surface area contributed by atoms with E-state index in [4.69, 9.17) is 28.2 Å². The van der Waals surface area contributed by atoms with E-state index in [1.807, 2.05) is 12.1 Å². The molecule has 3 aliphatic heterocycles. The van der Waals surface area contributed by atoms with Crippen LogP contribution in [0.3, 0.4) is 0 Å². The largest absolute Gasteiger partial charge is 0.493 e. The number of hydrogen-bond acceptors (Lipinski definition) is 9. The Kier molecular flexibility index (Phi) is 7.55. The minimum Gasteiger partial charge on any atom is -0.493 e. The van der Waals surface area contributed by atoms with Gasteiger partial charge in [-0.1, -0.05) is 6.07 Å². The summed E-state index contributed by atoms with van der Waals surface area (Å²) in [5.41, 5.74) is 5.15. The fourth-order valence-corrected chi connectivity index (χ4v) is 7.01. The van der Waals surface area contributed by atoms with Gasteiger partial charge in [0.15, 0.2) is 23.0 Å². The van der Waals surface area contributed by atoms with E-state index in [1.54, 1.807) is 33.9 Å². The standard InChI is InChI=1S/C28H35N2O8P/c1-16(2)37-28(31)17(3)29-39(32,15-33-5)38-27-23(34-6)8-7-20-11-22-21-13-25-24(35-14-36-25)12-19(21)9-10-30(22)18(4)26(20)27/h7-8,11-13,16-18H,9-10,14-15H2,1-6H3,(H,29,32)/t17-,18?,39?/m0/s1. The van der Waals surface area contributed by atoms with Crippen LogP contribution in [0, 0.1) is 0 Å². The van der Waals surface area contributed by atoms with Crippen molar-refractivity contribution in [2.45, 2.75) is 52.3 Å². The highest BCUT2D eigenvalue weighted by Gasteiger charge is 2.38. The summed E-state index contributed by atoms with van der Waals surface area (Å²) in [7, 11) is -0.756. The summed E-state index contributed by atoms with van der Waals surface area (Å²) in [5.74, 6) is 1.78. The number of carbonyl (C=O) groups is 1. The van der Waals surface area contributed by atoms with Gasteiger partial charge >= 0.3 is 13.5 Å². The maximum absolute atomic E-state index is 14.0. The summed E-state index contributed by atoms with van der Waals surface area (Å²) in [6.07, 6.45) is 2.39. The van der Waals surface area contributed by atoms with Crippen molar-refractivity contribution in [1.82, 2.24) is 9.99 Å². The molecule has 0 saturated heterocycles.